The summed E-state index contributed by atoms with van der Waals surface area (Å²) in [5.74, 6) is 1.38. The van der Waals surface area contributed by atoms with E-state index in [0.29, 0.717) is 16.8 Å². The van der Waals surface area contributed by atoms with Gasteiger partial charge < -0.3 is 9.97 Å². The molecule has 0 amide bonds. The molecule has 2 aromatic carbocycles. The highest BCUT2D eigenvalue weighted by atomic mass is 16.1. The summed E-state index contributed by atoms with van der Waals surface area (Å²) in [4.78, 5) is 35.1. The molecule has 0 bridgehead atoms. The van der Waals surface area contributed by atoms with Crippen LogP contribution in [-0.2, 0) is 6.54 Å². The van der Waals surface area contributed by atoms with E-state index in [0.717, 1.165) is 66.2 Å². The fourth-order valence-corrected chi connectivity index (χ4v) is 5.79. The predicted octanol–water partition coefficient (Wildman–Crippen LogP) is 6.42. The number of rotatable bonds is 6. The van der Waals surface area contributed by atoms with Gasteiger partial charge >= 0.3 is 0 Å². The third-order valence-corrected chi connectivity index (χ3v) is 8.03. The van der Waals surface area contributed by atoms with Gasteiger partial charge in [-0.3, -0.25) is 14.7 Å². The summed E-state index contributed by atoms with van der Waals surface area (Å²) < 4.78 is 0. The molecule has 7 nitrogen and oxygen atoms in total. The lowest BCUT2D eigenvalue weighted by Gasteiger charge is -2.31. The minimum Gasteiger partial charge on any atom is -0.342 e. The molecule has 7 rings (SSSR count). The summed E-state index contributed by atoms with van der Waals surface area (Å²) in [6.45, 7) is 3.02. The number of fused-ring (bicyclic) bond motifs is 1. The van der Waals surface area contributed by atoms with E-state index in [1.54, 1.807) is 12.4 Å². The molecule has 5 heterocycles. The number of pyridine rings is 3. The summed E-state index contributed by atoms with van der Waals surface area (Å²) in [6, 6.07) is 26.6. The molecule has 7 heteroatoms. The fraction of sp³-hybridized carbons (Fsp3) is 0.176. The highest BCUT2D eigenvalue weighted by Gasteiger charge is 2.22. The number of benzene rings is 2. The van der Waals surface area contributed by atoms with Crippen molar-refractivity contribution in [3.8, 4) is 33.8 Å². The summed E-state index contributed by atoms with van der Waals surface area (Å²) in [6.07, 6.45) is 9.48. The van der Waals surface area contributed by atoms with Gasteiger partial charge in [-0.05, 0) is 61.3 Å². The van der Waals surface area contributed by atoms with Gasteiger partial charge in [0.2, 0.25) is 0 Å². The summed E-state index contributed by atoms with van der Waals surface area (Å²) >= 11 is 0. The van der Waals surface area contributed by atoms with Gasteiger partial charge in [0, 0.05) is 59.6 Å². The van der Waals surface area contributed by atoms with Crippen LogP contribution in [0.25, 0.3) is 44.7 Å². The van der Waals surface area contributed by atoms with Crippen LogP contribution in [-0.4, -0.2) is 42.9 Å². The normalized spacial score (nSPS) is 14.4. The van der Waals surface area contributed by atoms with E-state index in [9.17, 15) is 4.79 Å². The minimum absolute atomic E-state index is 0.126. The van der Waals surface area contributed by atoms with Crippen LogP contribution in [0.4, 0.5) is 0 Å². The quantitative estimate of drug-likeness (QED) is 0.255. The second-order valence-corrected chi connectivity index (χ2v) is 10.7. The predicted molar refractivity (Wildman–Crippen MR) is 162 cm³/mol. The maximum Gasteiger partial charge on any atom is 0.257 e. The van der Waals surface area contributed by atoms with E-state index < -0.39 is 0 Å². The number of piperidine rings is 1. The van der Waals surface area contributed by atoms with Crippen molar-refractivity contribution in [3.05, 3.63) is 125 Å². The Labute approximate surface area is 238 Å². The maximum atomic E-state index is 12.5. The van der Waals surface area contributed by atoms with Gasteiger partial charge in [-0.2, -0.15) is 0 Å². The number of hydrogen-bond donors (Lipinski definition) is 2. The lowest BCUT2D eigenvalue weighted by atomic mass is 9.93. The van der Waals surface area contributed by atoms with Crippen LogP contribution in [0.5, 0.6) is 0 Å². The van der Waals surface area contributed by atoms with E-state index in [-0.39, 0.29) is 5.56 Å². The summed E-state index contributed by atoms with van der Waals surface area (Å²) in [7, 11) is 0. The molecule has 1 fully saturated rings. The van der Waals surface area contributed by atoms with Crippen molar-refractivity contribution in [1.29, 1.82) is 0 Å². The van der Waals surface area contributed by atoms with Crippen molar-refractivity contribution in [3.63, 3.8) is 0 Å². The Morgan fingerprint density at radius 2 is 1.66 bits per heavy atom. The highest BCUT2D eigenvalue weighted by Crippen LogP contribution is 2.33. The molecule has 1 aliphatic rings. The van der Waals surface area contributed by atoms with Gasteiger partial charge in [-0.25, -0.2) is 9.97 Å². The number of nitrogens with zero attached hydrogens (tertiary/aromatic N) is 4. The molecule has 0 saturated carbocycles. The topological polar surface area (TPSA) is 90.6 Å². The molecule has 1 aliphatic heterocycles. The van der Waals surface area contributed by atoms with Gasteiger partial charge in [0.15, 0.2) is 0 Å². The van der Waals surface area contributed by atoms with Crippen molar-refractivity contribution in [1.82, 2.24) is 29.8 Å². The monoisotopic (exact) mass is 538 g/mol. The second-order valence-electron chi connectivity index (χ2n) is 10.7. The average molecular weight is 539 g/mol. The van der Waals surface area contributed by atoms with E-state index in [4.69, 9.17) is 4.98 Å². The van der Waals surface area contributed by atoms with Gasteiger partial charge in [0.25, 0.3) is 5.56 Å². The molecule has 0 unspecified atom stereocenters. The summed E-state index contributed by atoms with van der Waals surface area (Å²) in [5.41, 5.74) is 8.00. The second kappa shape index (κ2) is 10.9. The molecule has 0 atom stereocenters. The molecule has 202 valence electrons. The molecule has 41 heavy (non-hydrogen) atoms. The SMILES string of the molecule is O=c1[nH]ccc2nc(-c3ccc(CN4CCC(c5cnc(-c6cccnc6)[nH]5)CC4)cc3)c(-c3ccccc3)cc12. The van der Waals surface area contributed by atoms with Crippen LogP contribution in [0.15, 0.2) is 108 Å². The van der Waals surface area contributed by atoms with Crippen LogP contribution in [0, 0.1) is 0 Å². The molecule has 0 spiro atoms. The van der Waals surface area contributed by atoms with Crippen LogP contribution in [0.3, 0.4) is 0 Å². The lowest BCUT2D eigenvalue weighted by molar-refractivity contribution is 0.203. The third-order valence-electron chi connectivity index (χ3n) is 8.03. The van der Waals surface area contributed by atoms with E-state index in [2.05, 4.69) is 61.2 Å². The molecule has 2 N–H and O–H groups in total. The molecular weight excluding hydrogens is 508 g/mol. The number of nitrogens with one attached hydrogen (secondary N) is 2. The standard InChI is InChI=1S/C34H30N6O/c41-34-29-19-28(24-5-2-1-3-6-24)32(38-30(29)12-16-36-34)26-10-8-23(9-11-26)22-40-17-13-25(14-18-40)31-21-37-33(39-31)27-7-4-15-35-20-27/h1-12,15-16,19-21,25H,13-14,17-18,22H2,(H,36,41)(H,37,39). The van der Waals surface area contributed by atoms with Crippen LogP contribution in [0.2, 0.25) is 0 Å². The molecule has 1 saturated heterocycles. The van der Waals surface area contributed by atoms with E-state index in [1.807, 2.05) is 54.9 Å². The largest absolute Gasteiger partial charge is 0.342 e. The Kier molecular flexibility index (Phi) is 6.70. The highest BCUT2D eigenvalue weighted by molar-refractivity contribution is 5.91. The Morgan fingerprint density at radius 3 is 2.44 bits per heavy atom. The molecule has 0 radical (unpaired) electrons. The number of H-pyrrole nitrogens is 2. The van der Waals surface area contributed by atoms with Gasteiger partial charge in [0.1, 0.15) is 5.82 Å². The first-order valence-electron chi connectivity index (χ1n) is 14.1. The molecular formula is C34H30N6O. The minimum atomic E-state index is -0.126. The van der Waals surface area contributed by atoms with Gasteiger partial charge in [-0.15, -0.1) is 0 Å². The first-order chi connectivity index (χ1) is 20.2. The van der Waals surface area contributed by atoms with Crippen molar-refractivity contribution in [2.75, 3.05) is 13.1 Å². The Balaban J connectivity index is 1.06. The number of hydrogen-bond acceptors (Lipinski definition) is 5. The van der Waals surface area contributed by atoms with E-state index >= 15 is 0 Å². The van der Waals surface area contributed by atoms with Crippen LogP contribution >= 0.6 is 0 Å². The Morgan fingerprint density at radius 1 is 0.854 bits per heavy atom. The molecule has 4 aromatic heterocycles. The number of likely N-dealkylation sites (tertiary alicyclic amines) is 1. The lowest BCUT2D eigenvalue weighted by Crippen LogP contribution is -2.32. The first-order valence-corrected chi connectivity index (χ1v) is 14.1. The smallest absolute Gasteiger partial charge is 0.257 e. The number of aromatic amines is 2. The Hall–Kier alpha value is -4.88. The first kappa shape index (κ1) is 25.1. The third kappa shape index (κ3) is 5.19. The molecule has 0 aliphatic carbocycles. The fourth-order valence-electron chi connectivity index (χ4n) is 5.79. The van der Waals surface area contributed by atoms with Crippen molar-refractivity contribution >= 4 is 10.9 Å². The zero-order chi connectivity index (χ0) is 27.6. The van der Waals surface area contributed by atoms with Gasteiger partial charge in [-0.1, -0.05) is 54.6 Å². The van der Waals surface area contributed by atoms with Gasteiger partial charge in [0.05, 0.1) is 16.6 Å². The zero-order valence-corrected chi connectivity index (χ0v) is 22.6. The van der Waals surface area contributed by atoms with Crippen molar-refractivity contribution in [2.24, 2.45) is 0 Å². The van der Waals surface area contributed by atoms with Crippen molar-refractivity contribution < 1.29 is 0 Å². The zero-order valence-electron chi connectivity index (χ0n) is 22.6. The van der Waals surface area contributed by atoms with Crippen molar-refractivity contribution in [2.45, 2.75) is 25.3 Å². The Bertz CT molecular complexity index is 1840. The maximum absolute atomic E-state index is 12.5. The number of aromatic nitrogens is 5. The average Bonchev–Trinajstić information content (AvgIpc) is 3.53. The van der Waals surface area contributed by atoms with Crippen LogP contribution in [0.1, 0.15) is 30.0 Å². The van der Waals surface area contributed by atoms with E-state index in [1.165, 1.54) is 11.3 Å². The molecule has 6 aromatic rings. The van der Waals surface area contributed by atoms with Crippen LogP contribution < -0.4 is 5.56 Å². The summed E-state index contributed by atoms with van der Waals surface area (Å²) in [5, 5.41) is 0.596. The number of imidazole rings is 1.